The first-order valence-corrected chi connectivity index (χ1v) is 5.27. The standard InChI is InChI=1S/C10H15NO3/c12-9-8(14-10(13)11-9)6-7-4-2-1-3-5-7/h7-8H,1-6H2,(H,11,12,13). The smallest absolute Gasteiger partial charge is 0.414 e. The first kappa shape index (κ1) is 9.49. The number of ether oxygens (including phenoxy) is 1. The minimum atomic E-state index is -0.587. The van der Waals surface area contributed by atoms with Crippen LogP contribution in [0, 0.1) is 5.92 Å². The molecule has 1 unspecified atom stereocenters. The van der Waals surface area contributed by atoms with Crippen molar-refractivity contribution in [3.63, 3.8) is 0 Å². The molecule has 14 heavy (non-hydrogen) atoms. The van der Waals surface area contributed by atoms with E-state index >= 15 is 0 Å². The fourth-order valence-corrected chi connectivity index (χ4v) is 2.27. The van der Waals surface area contributed by atoms with Crippen LogP contribution in [0.1, 0.15) is 38.5 Å². The van der Waals surface area contributed by atoms with Gasteiger partial charge in [0.05, 0.1) is 0 Å². The molecule has 1 saturated carbocycles. The van der Waals surface area contributed by atoms with Gasteiger partial charge in [-0.3, -0.25) is 10.1 Å². The summed E-state index contributed by atoms with van der Waals surface area (Å²) in [5, 5.41) is 2.16. The normalized spacial score (nSPS) is 28.7. The van der Waals surface area contributed by atoms with E-state index in [9.17, 15) is 9.59 Å². The van der Waals surface area contributed by atoms with Gasteiger partial charge >= 0.3 is 6.09 Å². The first-order valence-electron chi connectivity index (χ1n) is 5.27. The molecule has 1 N–H and O–H groups in total. The lowest BCUT2D eigenvalue weighted by Crippen LogP contribution is -2.26. The van der Waals surface area contributed by atoms with E-state index in [1.807, 2.05) is 0 Å². The summed E-state index contributed by atoms with van der Waals surface area (Å²) in [5.74, 6) is 0.297. The molecule has 1 heterocycles. The third-order valence-corrected chi connectivity index (χ3v) is 3.04. The highest BCUT2D eigenvalue weighted by atomic mass is 16.6. The molecule has 0 bridgehead atoms. The summed E-state index contributed by atoms with van der Waals surface area (Å²) in [7, 11) is 0. The second-order valence-corrected chi connectivity index (χ2v) is 4.12. The Labute approximate surface area is 83.0 Å². The molecule has 2 rings (SSSR count). The number of alkyl carbamates (subject to hydrolysis) is 1. The molecule has 0 radical (unpaired) electrons. The summed E-state index contributed by atoms with van der Waals surface area (Å²) in [5.41, 5.74) is 0. The predicted molar refractivity (Wildman–Crippen MR) is 49.6 cm³/mol. The summed E-state index contributed by atoms with van der Waals surface area (Å²) in [6.07, 6.45) is 5.72. The number of hydrogen-bond acceptors (Lipinski definition) is 3. The van der Waals surface area contributed by atoms with Crippen LogP contribution in [0.25, 0.3) is 0 Å². The van der Waals surface area contributed by atoms with Crippen molar-refractivity contribution in [1.29, 1.82) is 0 Å². The molecule has 2 amide bonds. The molecule has 0 aromatic heterocycles. The van der Waals surface area contributed by atoms with Crippen molar-refractivity contribution < 1.29 is 14.3 Å². The number of amides is 2. The maximum Gasteiger partial charge on any atom is 0.414 e. The Bertz CT molecular complexity index is 246. The maximum absolute atomic E-state index is 11.2. The molecule has 1 atom stereocenters. The average Bonchev–Trinajstić information content (AvgIpc) is 2.47. The molecule has 0 aromatic carbocycles. The fraction of sp³-hybridized carbons (Fsp3) is 0.800. The van der Waals surface area contributed by atoms with Crippen LogP contribution in [0.2, 0.25) is 0 Å². The van der Waals surface area contributed by atoms with Gasteiger partial charge in [0.25, 0.3) is 5.91 Å². The molecule has 1 saturated heterocycles. The van der Waals surface area contributed by atoms with Crippen molar-refractivity contribution in [3.05, 3.63) is 0 Å². The van der Waals surface area contributed by atoms with Gasteiger partial charge in [0, 0.05) is 0 Å². The monoisotopic (exact) mass is 197 g/mol. The quantitative estimate of drug-likeness (QED) is 0.731. The highest BCUT2D eigenvalue weighted by molar-refractivity contribution is 5.99. The van der Waals surface area contributed by atoms with E-state index in [2.05, 4.69) is 5.32 Å². The van der Waals surface area contributed by atoms with Gasteiger partial charge in [-0.1, -0.05) is 32.1 Å². The van der Waals surface area contributed by atoms with E-state index in [4.69, 9.17) is 4.74 Å². The lowest BCUT2D eigenvalue weighted by Gasteiger charge is -2.22. The van der Waals surface area contributed by atoms with Gasteiger partial charge in [-0.25, -0.2) is 4.79 Å². The number of nitrogens with one attached hydrogen (secondary N) is 1. The van der Waals surface area contributed by atoms with E-state index in [1.165, 1.54) is 32.1 Å². The largest absolute Gasteiger partial charge is 0.436 e. The number of rotatable bonds is 2. The molecule has 0 aromatic rings. The van der Waals surface area contributed by atoms with E-state index in [1.54, 1.807) is 0 Å². The van der Waals surface area contributed by atoms with Crippen LogP contribution in [-0.2, 0) is 9.53 Å². The van der Waals surface area contributed by atoms with Crippen molar-refractivity contribution >= 4 is 12.0 Å². The Morgan fingerprint density at radius 2 is 1.93 bits per heavy atom. The van der Waals surface area contributed by atoms with Crippen LogP contribution >= 0.6 is 0 Å². The van der Waals surface area contributed by atoms with E-state index in [0.717, 1.165) is 0 Å². The lowest BCUT2D eigenvalue weighted by molar-refractivity contribution is -0.124. The molecular weight excluding hydrogens is 182 g/mol. The first-order chi connectivity index (χ1) is 6.75. The molecule has 78 valence electrons. The van der Waals surface area contributed by atoms with Crippen LogP contribution in [-0.4, -0.2) is 18.1 Å². The van der Waals surface area contributed by atoms with Crippen molar-refractivity contribution in [2.45, 2.75) is 44.6 Å². The summed E-state index contributed by atoms with van der Waals surface area (Å²) in [6, 6.07) is 0. The van der Waals surface area contributed by atoms with Gasteiger partial charge in [0.2, 0.25) is 0 Å². The van der Waals surface area contributed by atoms with Crippen molar-refractivity contribution in [2.24, 2.45) is 5.92 Å². The third kappa shape index (κ3) is 2.05. The number of carbonyl (C=O) groups is 2. The molecule has 4 heteroatoms. The van der Waals surface area contributed by atoms with Gasteiger partial charge in [-0.2, -0.15) is 0 Å². The zero-order valence-electron chi connectivity index (χ0n) is 8.12. The van der Waals surface area contributed by atoms with Crippen LogP contribution in [0.15, 0.2) is 0 Å². The zero-order valence-corrected chi connectivity index (χ0v) is 8.12. The van der Waals surface area contributed by atoms with Crippen LogP contribution in [0.3, 0.4) is 0 Å². The zero-order chi connectivity index (χ0) is 9.97. The summed E-state index contributed by atoms with van der Waals surface area (Å²) < 4.78 is 4.88. The minimum Gasteiger partial charge on any atom is -0.436 e. The van der Waals surface area contributed by atoms with Crippen molar-refractivity contribution in [1.82, 2.24) is 5.32 Å². The fourth-order valence-electron chi connectivity index (χ4n) is 2.27. The molecular formula is C10H15NO3. The van der Waals surface area contributed by atoms with E-state index < -0.39 is 12.2 Å². The predicted octanol–water partition coefficient (Wildman–Crippen LogP) is 1.59. The molecule has 2 aliphatic rings. The lowest BCUT2D eigenvalue weighted by atomic mass is 9.85. The van der Waals surface area contributed by atoms with Gasteiger partial charge in [0.1, 0.15) is 0 Å². The Hall–Kier alpha value is -1.06. The number of cyclic esters (lactones) is 1. The number of hydrogen-bond donors (Lipinski definition) is 1. The molecule has 1 aliphatic heterocycles. The van der Waals surface area contributed by atoms with E-state index in [-0.39, 0.29) is 5.91 Å². The van der Waals surface area contributed by atoms with E-state index in [0.29, 0.717) is 12.3 Å². The molecule has 1 aliphatic carbocycles. The molecule has 2 fully saturated rings. The van der Waals surface area contributed by atoms with Crippen LogP contribution < -0.4 is 5.32 Å². The average molecular weight is 197 g/mol. The number of imide groups is 1. The summed E-state index contributed by atoms with van der Waals surface area (Å²) in [4.78, 5) is 22.0. The van der Waals surface area contributed by atoms with Gasteiger partial charge in [0.15, 0.2) is 6.10 Å². The Balaban J connectivity index is 1.84. The minimum absolute atomic E-state index is 0.263. The Morgan fingerprint density at radius 1 is 1.21 bits per heavy atom. The number of carbonyl (C=O) groups excluding carboxylic acids is 2. The summed E-state index contributed by atoms with van der Waals surface area (Å²) >= 11 is 0. The Kier molecular flexibility index (Phi) is 2.70. The maximum atomic E-state index is 11.2. The van der Waals surface area contributed by atoms with Gasteiger partial charge in [-0.05, 0) is 12.3 Å². The third-order valence-electron chi connectivity index (χ3n) is 3.04. The Morgan fingerprint density at radius 3 is 2.50 bits per heavy atom. The highest BCUT2D eigenvalue weighted by Gasteiger charge is 2.34. The van der Waals surface area contributed by atoms with Gasteiger partial charge < -0.3 is 4.74 Å². The SMILES string of the molecule is O=C1NC(=O)C(CC2CCCCC2)O1. The summed E-state index contributed by atoms with van der Waals surface area (Å²) in [6.45, 7) is 0. The van der Waals surface area contributed by atoms with Gasteiger partial charge in [-0.15, -0.1) is 0 Å². The van der Waals surface area contributed by atoms with Crippen LogP contribution in [0.5, 0.6) is 0 Å². The molecule has 0 spiro atoms. The molecule has 4 nitrogen and oxygen atoms in total. The van der Waals surface area contributed by atoms with Crippen LogP contribution in [0.4, 0.5) is 4.79 Å². The van der Waals surface area contributed by atoms with Crippen molar-refractivity contribution in [2.75, 3.05) is 0 Å². The second-order valence-electron chi connectivity index (χ2n) is 4.12. The topological polar surface area (TPSA) is 55.4 Å². The second kappa shape index (κ2) is 3.98. The highest BCUT2D eigenvalue weighted by Crippen LogP contribution is 2.28. The van der Waals surface area contributed by atoms with Crippen molar-refractivity contribution in [3.8, 4) is 0 Å².